The van der Waals surface area contributed by atoms with Crippen molar-refractivity contribution < 1.29 is 27.4 Å². The second kappa shape index (κ2) is 11.1. The Morgan fingerprint density at radius 1 is 0.756 bits per heavy atom. The van der Waals surface area contributed by atoms with Crippen molar-refractivity contribution in [3.63, 3.8) is 0 Å². The minimum absolute atomic E-state index is 0.265. The zero-order chi connectivity index (χ0) is 29.1. The summed E-state index contributed by atoms with van der Waals surface area (Å²) in [6, 6.07) is 22.5. The van der Waals surface area contributed by atoms with Crippen LogP contribution in [0.4, 0.5) is 28.4 Å². The average molecular weight is 572 g/mol. The average Bonchev–Trinajstić information content (AvgIpc) is 2.99. The molecule has 0 saturated carbocycles. The minimum Gasteiger partial charge on any atom is -0.505 e. The molecule has 0 aliphatic carbocycles. The lowest BCUT2D eigenvalue weighted by atomic mass is 10.1. The fourth-order valence-corrected chi connectivity index (χ4v) is 4.84. The van der Waals surface area contributed by atoms with Crippen molar-refractivity contribution in [2.24, 2.45) is 32.3 Å². The molecule has 13 nitrogen and oxygen atoms in total. The molecule has 0 fully saturated rings. The Hall–Kier alpha value is -5.28. The number of nitrogens with zero attached hydrogens (tertiary/aromatic N) is 4. The number of fused-ring (bicyclic) bond motifs is 2. The second-order valence-corrected chi connectivity index (χ2v) is 10.1. The lowest BCUT2D eigenvalue weighted by molar-refractivity contribution is 0.0503. The van der Waals surface area contributed by atoms with Crippen LogP contribution in [0.1, 0.15) is 10.4 Å². The molecule has 206 valence electrons. The van der Waals surface area contributed by atoms with Crippen LogP contribution in [0.3, 0.4) is 0 Å². The molecule has 0 aromatic heterocycles. The summed E-state index contributed by atoms with van der Waals surface area (Å²) < 4.78 is 29.3. The van der Waals surface area contributed by atoms with Crippen LogP contribution in [0.2, 0.25) is 0 Å². The SMILES string of the molecule is NOC(=O)c1ccc(N=Nc2ccc(N=Nc3c(S(=O)(=O)ON)cc4ccc(N)cc4c3O)c3ccccc23)cc1. The number of aromatic hydroxyl groups is 1. The van der Waals surface area contributed by atoms with Gasteiger partial charge >= 0.3 is 16.1 Å². The van der Waals surface area contributed by atoms with Gasteiger partial charge in [0.15, 0.2) is 5.75 Å². The Labute approximate surface area is 232 Å². The van der Waals surface area contributed by atoms with E-state index in [9.17, 15) is 18.3 Å². The highest BCUT2D eigenvalue weighted by Gasteiger charge is 2.24. The molecule has 0 radical (unpaired) electrons. The third-order valence-electron chi connectivity index (χ3n) is 6.09. The first-order valence-electron chi connectivity index (χ1n) is 11.8. The van der Waals surface area contributed by atoms with Crippen LogP contribution in [0.5, 0.6) is 5.75 Å². The summed E-state index contributed by atoms with van der Waals surface area (Å²) in [4.78, 5) is 15.2. The molecule has 41 heavy (non-hydrogen) atoms. The van der Waals surface area contributed by atoms with Gasteiger partial charge in [0.05, 0.1) is 22.6 Å². The highest BCUT2D eigenvalue weighted by Crippen LogP contribution is 2.43. The third-order valence-corrected chi connectivity index (χ3v) is 7.20. The van der Waals surface area contributed by atoms with E-state index in [2.05, 4.69) is 29.6 Å². The molecule has 0 aliphatic rings. The van der Waals surface area contributed by atoms with Gasteiger partial charge in [-0.2, -0.15) is 29.6 Å². The van der Waals surface area contributed by atoms with Gasteiger partial charge < -0.3 is 15.7 Å². The van der Waals surface area contributed by atoms with Crippen LogP contribution < -0.4 is 17.5 Å². The first-order valence-corrected chi connectivity index (χ1v) is 13.2. The van der Waals surface area contributed by atoms with Crippen LogP contribution in [0.25, 0.3) is 21.5 Å². The number of phenols is 1. The van der Waals surface area contributed by atoms with E-state index in [1.807, 2.05) is 0 Å². The molecule has 0 heterocycles. The monoisotopic (exact) mass is 571 g/mol. The van der Waals surface area contributed by atoms with Crippen molar-refractivity contribution in [2.45, 2.75) is 4.90 Å². The maximum absolute atomic E-state index is 12.6. The summed E-state index contributed by atoms with van der Waals surface area (Å²) >= 11 is 0. The fourth-order valence-electron chi connectivity index (χ4n) is 4.09. The van der Waals surface area contributed by atoms with Gasteiger partial charge in [-0.15, -0.1) is 15.3 Å². The number of hydrogen-bond acceptors (Lipinski definition) is 13. The minimum atomic E-state index is -4.48. The predicted molar refractivity (Wildman–Crippen MR) is 151 cm³/mol. The molecule has 0 amide bonds. The zero-order valence-electron chi connectivity index (χ0n) is 21.0. The maximum atomic E-state index is 12.6. The van der Waals surface area contributed by atoms with Crippen LogP contribution in [0, 0.1) is 0 Å². The Morgan fingerprint density at radius 2 is 1.39 bits per heavy atom. The lowest BCUT2D eigenvalue weighted by Crippen LogP contribution is -2.11. The number of nitrogen functional groups attached to an aromatic ring is 1. The summed E-state index contributed by atoms with van der Waals surface area (Å²) in [6.45, 7) is 0. The van der Waals surface area contributed by atoms with Crippen molar-refractivity contribution >= 4 is 66.1 Å². The van der Waals surface area contributed by atoms with Gasteiger partial charge in [0, 0.05) is 21.8 Å². The molecule has 0 atom stereocenters. The van der Waals surface area contributed by atoms with Gasteiger partial charge in [-0.05, 0) is 60.0 Å². The van der Waals surface area contributed by atoms with Crippen molar-refractivity contribution in [1.29, 1.82) is 0 Å². The van der Waals surface area contributed by atoms with Crippen LogP contribution in [-0.2, 0) is 19.2 Å². The molecule has 0 unspecified atom stereocenters. The highest BCUT2D eigenvalue weighted by molar-refractivity contribution is 7.86. The van der Waals surface area contributed by atoms with Crippen molar-refractivity contribution in [3.05, 3.63) is 90.5 Å². The summed E-state index contributed by atoms with van der Waals surface area (Å²) in [5.74, 6) is 8.78. The molecule has 7 N–H and O–H groups in total. The number of hydrogen-bond donors (Lipinski definition) is 4. The first-order chi connectivity index (χ1) is 19.7. The number of rotatable bonds is 7. The molecular weight excluding hydrogens is 550 g/mol. The second-order valence-electron chi connectivity index (χ2n) is 8.60. The Morgan fingerprint density at radius 3 is 2.00 bits per heavy atom. The molecular formula is C27H21N7O6S. The van der Waals surface area contributed by atoms with E-state index in [1.54, 1.807) is 60.7 Å². The van der Waals surface area contributed by atoms with Gasteiger partial charge in [-0.1, -0.05) is 30.3 Å². The first kappa shape index (κ1) is 27.3. The van der Waals surface area contributed by atoms with Crippen molar-refractivity contribution in [3.8, 4) is 5.75 Å². The summed E-state index contributed by atoms with van der Waals surface area (Å²) in [7, 11) is -4.48. The molecule has 0 saturated heterocycles. The maximum Gasteiger partial charge on any atom is 0.356 e. The standard InChI is InChI=1S/C27H21N7O6S/c28-17-8-5-16-13-24(41(37,38)40-30)25(26(35)21(16)14-17)34-33-23-12-11-22(19-3-1-2-4-20(19)23)32-31-18-9-6-15(7-10-18)27(36)39-29/h1-14,35H,28-30H2. The number of carbonyl (C=O) groups excluding carboxylic acids is 1. The summed E-state index contributed by atoms with van der Waals surface area (Å²) in [5.41, 5.74) is 7.44. The Balaban J connectivity index is 1.56. The Bertz CT molecular complexity index is 1980. The van der Waals surface area contributed by atoms with Crippen molar-refractivity contribution in [1.82, 2.24) is 0 Å². The number of anilines is 1. The number of phenolic OH excluding ortho intramolecular Hbond substituents is 1. The summed E-state index contributed by atoms with van der Waals surface area (Å²) in [5, 5.41) is 29.8. The lowest BCUT2D eigenvalue weighted by Gasteiger charge is -2.10. The zero-order valence-corrected chi connectivity index (χ0v) is 21.8. The summed E-state index contributed by atoms with van der Waals surface area (Å²) in [6.07, 6.45) is 0. The Kier molecular flexibility index (Phi) is 7.37. The molecule has 5 aromatic rings. The van der Waals surface area contributed by atoms with Gasteiger partial charge in [-0.3, -0.25) is 0 Å². The predicted octanol–water partition coefficient (Wildman–Crippen LogP) is 5.72. The van der Waals surface area contributed by atoms with Gasteiger partial charge in [0.1, 0.15) is 10.6 Å². The van der Waals surface area contributed by atoms with Crippen LogP contribution in [-0.4, -0.2) is 19.5 Å². The van der Waals surface area contributed by atoms with Crippen molar-refractivity contribution in [2.75, 3.05) is 5.73 Å². The van der Waals surface area contributed by atoms with Gasteiger partial charge in [0.2, 0.25) is 0 Å². The van der Waals surface area contributed by atoms with Crippen LogP contribution in [0.15, 0.2) is 110 Å². The molecule has 0 bridgehead atoms. The van der Waals surface area contributed by atoms with E-state index in [4.69, 9.17) is 17.5 Å². The van der Waals surface area contributed by atoms with E-state index in [0.29, 0.717) is 38.9 Å². The topological polar surface area (TPSA) is 217 Å². The number of azo groups is 2. The third kappa shape index (κ3) is 5.43. The van der Waals surface area contributed by atoms with E-state index >= 15 is 0 Å². The smallest absolute Gasteiger partial charge is 0.356 e. The largest absolute Gasteiger partial charge is 0.505 e. The van der Waals surface area contributed by atoms with Gasteiger partial charge in [-0.25, -0.2) is 4.79 Å². The highest BCUT2D eigenvalue weighted by atomic mass is 32.2. The normalized spacial score (nSPS) is 12.0. The molecule has 14 heteroatoms. The van der Waals surface area contributed by atoms with Gasteiger partial charge in [0.25, 0.3) is 0 Å². The molecule has 0 aliphatic heterocycles. The van der Waals surface area contributed by atoms with E-state index in [-0.39, 0.29) is 16.6 Å². The molecule has 5 rings (SSSR count). The quantitative estimate of drug-likeness (QED) is 0.106. The van der Waals surface area contributed by atoms with E-state index in [1.165, 1.54) is 24.3 Å². The molecule has 0 spiro atoms. The van der Waals surface area contributed by atoms with E-state index < -0.39 is 26.7 Å². The van der Waals surface area contributed by atoms with E-state index in [0.717, 1.165) is 0 Å². The number of nitrogens with two attached hydrogens (primary N) is 3. The number of benzene rings is 5. The van der Waals surface area contributed by atoms with Crippen LogP contribution >= 0.6 is 0 Å². The number of carbonyl (C=O) groups is 1. The fraction of sp³-hybridized carbons (Fsp3) is 0. The molecule has 5 aromatic carbocycles.